The first-order valence-corrected chi connectivity index (χ1v) is 9.47. The van der Waals surface area contributed by atoms with Crippen LogP contribution in [0.15, 0.2) is 35.7 Å². The summed E-state index contributed by atoms with van der Waals surface area (Å²) in [6, 6.07) is 8.23. The van der Waals surface area contributed by atoms with E-state index >= 15 is 0 Å². The lowest BCUT2D eigenvalue weighted by atomic mass is 10.2. The van der Waals surface area contributed by atoms with Crippen LogP contribution in [-0.4, -0.2) is 36.6 Å². The Balaban J connectivity index is 1.61. The van der Waals surface area contributed by atoms with Gasteiger partial charge in [0.15, 0.2) is 0 Å². The number of carbonyl (C=O) groups excluding carboxylic acids is 1. The molecule has 1 aliphatic heterocycles. The quantitative estimate of drug-likeness (QED) is 0.781. The molecule has 0 aliphatic carbocycles. The second kappa shape index (κ2) is 8.76. The highest BCUT2D eigenvalue weighted by Crippen LogP contribution is 2.20. The van der Waals surface area contributed by atoms with E-state index in [0.717, 1.165) is 26.0 Å². The Morgan fingerprint density at radius 3 is 3.00 bits per heavy atom. The number of rotatable bonds is 7. The molecule has 0 unspecified atom stereocenters. The van der Waals surface area contributed by atoms with Gasteiger partial charge in [-0.2, -0.15) is 0 Å². The normalized spacial score (nSPS) is 17.2. The van der Waals surface area contributed by atoms with Gasteiger partial charge in [-0.15, -0.1) is 11.3 Å². The van der Waals surface area contributed by atoms with Crippen LogP contribution in [0.5, 0.6) is 0 Å². The van der Waals surface area contributed by atoms with Crippen LogP contribution in [0.25, 0.3) is 0 Å². The zero-order valence-corrected chi connectivity index (χ0v) is 15.3. The van der Waals surface area contributed by atoms with E-state index in [2.05, 4.69) is 16.3 Å². The number of nitrogens with zero attached hydrogens (tertiary/aromatic N) is 1. The van der Waals surface area contributed by atoms with E-state index in [1.165, 1.54) is 23.1 Å². The van der Waals surface area contributed by atoms with Crippen LogP contribution in [0.2, 0.25) is 5.02 Å². The van der Waals surface area contributed by atoms with Gasteiger partial charge in [-0.3, -0.25) is 9.69 Å². The minimum Gasteiger partial charge on any atom is -0.377 e. The van der Waals surface area contributed by atoms with Gasteiger partial charge in [0.05, 0.1) is 17.7 Å². The molecular weight excluding hydrogens is 363 g/mol. The summed E-state index contributed by atoms with van der Waals surface area (Å²) < 4.78 is 18.9. The summed E-state index contributed by atoms with van der Waals surface area (Å²) in [6.45, 7) is 2.45. The molecule has 1 aromatic carbocycles. The van der Waals surface area contributed by atoms with Gasteiger partial charge in [-0.1, -0.05) is 17.7 Å². The van der Waals surface area contributed by atoms with Crippen LogP contribution in [0.3, 0.4) is 0 Å². The van der Waals surface area contributed by atoms with Crippen molar-refractivity contribution in [3.63, 3.8) is 0 Å². The van der Waals surface area contributed by atoms with Crippen molar-refractivity contribution in [2.24, 2.45) is 0 Å². The maximum absolute atomic E-state index is 13.2. The molecule has 0 saturated carbocycles. The largest absolute Gasteiger partial charge is 0.377 e. The van der Waals surface area contributed by atoms with Crippen LogP contribution in [0.1, 0.15) is 17.7 Å². The van der Waals surface area contributed by atoms with E-state index in [-0.39, 0.29) is 23.6 Å². The number of amides is 1. The number of nitrogens with one attached hydrogen (secondary N) is 1. The molecule has 3 rings (SSSR count). The summed E-state index contributed by atoms with van der Waals surface area (Å²) in [5, 5.41) is 4.80. The Bertz CT molecular complexity index is 705. The van der Waals surface area contributed by atoms with Crippen molar-refractivity contribution in [1.29, 1.82) is 0 Å². The van der Waals surface area contributed by atoms with E-state index in [0.29, 0.717) is 12.2 Å². The Morgan fingerprint density at radius 1 is 1.44 bits per heavy atom. The predicted octanol–water partition coefficient (Wildman–Crippen LogP) is 4.16. The summed E-state index contributed by atoms with van der Waals surface area (Å²) >= 11 is 7.43. The highest BCUT2D eigenvalue weighted by Gasteiger charge is 2.21. The molecule has 25 heavy (non-hydrogen) atoms. The molecule has 2 heterocycles. The minimum absolute atomic E-state index is 0.00685. The molecule has 134 valence electrons. The number of thiophene rings is 1. The lowest BCUT2D eigenvalue weighted by Gasteiger charge is -2.24. The summed E-state index contributed by atoms with van der Waals surface area (Å²) in [5.41, 5.74) is 0.490. The minimum atomic E-state index is -0.502. The maximum atomic E-state index is 13.2. The van der Waals surface area contributed by atoms with Crippen molar-refractivity contribution in [1.82, 2.24) is 4.90 Å². The molecule has 1 N–H and O–H groups in total. The van der Waals surface area contributed by atoms with E-state index in [1.807, 2.05) is 11.4 Å². The van der Waals surface area contributed by atoms with Gasteiger partial charge < -0.3 is 10.1 Å². The number of ether oxygens (including phenoxy) is 1. The molecule has 0 spiro atoms. The van der Waals surface area contributed by atoms with E-state index in [1.54, 1.807) is 11.3 Å². The van der Waals surface area contributed by atoms with Crippen LogP contribution in [0.4, 0.5) is 10.1 Å². The monoisotopic (exact) mass is 382 g/mol. The molecule has 1 aromatic heterocycles. The topological polar surface area (TPSA) is 41.6 Å². The molecule has 2 aromatic rings. The molecule has 4 nitrogen and oxygen atoms in total. The van der Waals surface area contributed by atoms with Crippen molar-refractivity contribution in [3.05, 3.63) is 51.4 Å². The average Bonchev–Trinajstić information content (AvgIpc) is 3.25. The summed E-state index contributed by atoms with van der Waals surface area (Å²) in [6.07, 6.45) is 2.27. The van der Waals surface area contributed by atoms with Crippen molar-refractivity contribution in [2.45, 2.75) is 25.5 Å². The highest BCUT2D eigenvalue weighted by atomic mass is 35.5. The number of carbonyl (C=O) groups is 1. The first-order valence-electron chi connectivity index (χ1n) is 8.21. The van der Waals surface area contributed by atoms with Crippen LogP contribution >= 0.6 is 22.9 Å². The molecule has 1 aliphatic rings. The number of hydrogen-bond acceptors (Lipinski definition) is 4. The summed E-state index contributed by atoms with van der Waals surface area (Å²) in [5.74, 6) is -0.658. The van der Waals surface area contributed by atoms with E-state index < -0.39 is 5.82 Å². The van der Waals surface area contributed by atoms with Crippen LogP contribution < -0.4 is 5.32 Å². The maximum Gasteiger partial charge on any atom is 0.238 e. The Morgan fingerprint density at radius 2 is 2.32 bits per heavy atom. The number of anilines is 1. The van der Waals surface area contributed by atoms with Gasteiger partial charge in [0.1, 0.15) is 5.82 Å². The fourth-order valence-corrected chi connectivity index (χ4v) is 3.79. The fourth-order valence-electron chi connectivity index (χ4n) is 2.86. The van der Waals surface area contributed by atoms with E-state index in [9.17, 15) is 9.18 Å². The van der Waals surface area contributed by atoms with Crippen molar-refractivity contribution >= 4 is 34.5 Å². The number of hydrogen-bond donors (Lipinski definition) is 1. The van der Waals surface area contributed by atoms with Crippen LogP contribution in [0, 0.1) is 5.82 Å². The second-order valence-corrected chi connectivity index (χ2v) is 7.50. The first kappa shape index (κ1) is 18.3. The Kier molecular flexibility index (Phi) is 6.42. The van der Waals surface area contributed by atoms with Crippen molar-refractivity contribution in [3.8, 4) is 0 Å². The molecular formula is C18H20ClFN2O2S. The molecule has 1 atom stereocenters. The summed E-state index contributed by atoms with van der Waals surface area (Å²) in [7, 11) is 0. The van der Waals surface area contributed by atoms with Gasteiger partial charge >= 0.3 is 0 Å². The SMILES string of the molecule is O=C(CN(Cc1cccs1)C[C@H]1CCCO1)Nc1ccc(F)c(Cl)c1. The van der Waals surface area contributed by atoms with Crippen molar-refractivity contribution in [2.75, 3.05) is 25.0 Å². The van der Waals surface area contributed by atoms with Crippen LogP contribution in [-0.2, 0) is 16.1 Å². The highest BCUT2D eigenvalue weighted by molar-refractivity contribution is 7.09. The lowest BCUT2D eigenvalue weighted by molar-refractivity contribution is -0.117. The third-order valence-corrected chi connectivity index (χ3v) is 5.17. The van der Waals surface area contributed by atoms with Crippen molar-refractivity contribution < 1.29 is 13.9 Å². The lowest BCUT2D eigenvalue weighted by Crippen LogP contribution is -2.37. The molecule has 7 heteroatoms. The first-order chi connectivity index (χ1) is 12.1. The third kappa shape index (κ3) is 5.51. The average molecular weight is 383 g/mol. The molecule has 0 radical (unpaired) electrons. The smallest absolute Gasteiger partial charge is 0.238 e. The Hall–Kier alpha value is -1.47. The predicted molar refractivity (Wildman–Crippen MR) is 98.6 cm³/mol. The van der Waals surface area contributed by atoms with Gasteiger partial charge in [0.2, 0.25) is 5.91 Å². The Labute approximate surface area is 155 Å². The summed E-state index contributed by atoms with van der Waals surface area (Å²) in [4.78, 5) is 15.7. The van der Waals surface area contributed by atoms with E-state index in [4.69, 9.17) is 16.3 Å². The van der Waals surface area contributed by atoms with Gasteiger partial charge in [-0.25, -0.2) is 4.39 Å². The third-order valence-electron chi connectivity index (χ3n) is 4.02. The molecule has 1 fully saturated rings. The fraction of sp³-hybridized carbons (Fsp3) is 0.389. The number of benzene rings is 1. The standard InChI is InChI=1S/C18H20ClFN2O2S/c19-16-9-13(5-6-17(16)20)21-18(23)12-22(10-14-3-1-7-24-14)11-15-4-2-8-25-15/h2,4-6,8-9,14H,1,3,7,10-12H2,(H,21,23)/t14-/m1/s1. The second-order valence-electron chi connectivity index (χ2n) is 6.06. The molecule has 1 saturated heterocycles. The van der Waals surface area contributed by atoms with Gasteiger partial charge in [0.25, 0.3) is 0 Å². The number of halogens is 2. The zero-order chi connectivity index (χ0) is 17.6. The molecule has 0 bridgehead atoms. The van der Waals surface area contributed by atoms with Gasteiger partial charge in [-0.05, 0) is 42.5 Å². The zero-order valence-electron chi connectivity index (χ0n) is 13.7. The molecule has 1 amide bonds. The van der Waals surface area contributed by atoms with Gasteiger partial charge in [0, 0.05) is 30.3 Å².